The Kier molecular flexibility index (Phi) is 6.42. The highest BCUT2D eigenvalue weighted by Crippen LogP contribution is 2.39. The average Bonchev–Trinajstić information content (AvgIpc) is 3.70. The van der Waals surface area contributed by atoms with Crippen molar-refractivity contribution in [3.8, 4) is 45.5 Å². The van der Waals surface area contributed by atoms with E-state index in [1.54, 1.807) is 0 Å². The van der Waals surface area contributed by atoms with Crippen molar-refractivity contribution in [1.29, 1.82) is 0 Å². The lowest BCUT2D eigenvalue weighted by Gasteiger charge is -2.11. The monoisotopic (exact) mass is 639 g/mol. The van der Waals surface area contributed by atoms with E-state index in [0.29, 0.717) is 17.5 Å². The summed E-state index contributed by atoms with van der Waals surface area (Å²) in [5, 5.41) is 4.90. The number of fused-ring (bicyclic) bond motifs is 6. The molecule has 234 valence electrons. The Hall–Kier alpha value is -6.85. The third-order valence-electron chi connectivity index (χ3n) is 9.56. The molecule has 0 radical (unpaired) electrons. The van der Waals surface area contributed by atoms with Gasteiger partial charge in [0.1, 0.15) is 0 Å². The van der Waals surface area contributed by atoms with Gasteiger partial charge in [-0.25, -0.2) is 15.0 Å². The van der Waals surface area contributed by atoms with Crippen LogP contribution in [-0.4, -0.2) is 24.1 Å². The lowest BCUT2D eigenvalue weighted by atomic mass is 10.1. The number of rotatable bonds is 5. The Bertz CT molecular complexity index is 2780. The second-order valence-electron chi connectivity index (χ2n) is 12.5. The lowest BCUT2D eigenvalue weighted by molar-refractivity contribution is 1.07. The van der Waals surface area contributed by atoms with Crippen LogP contribution in [0.25, 0.3) is 89.2 Å². The van der Waals surface area contributed by atoms with Crippen molar-refractivity contribution in [2.24, 2.45) is 0 Å². The first-order chi connectivity index (χ1) is 24.8. The average molecular weight is 640 g/mol. The van der Waals surface area contributed by atoms with Crippen LogP contribution >= 0.6 is 0 Å². The van der Waals surface area contributed by atoms with Crippen LogP contribution < -0.4 is 0 Å². The van der Waals surface area contributed by atoms with Gasteiger partial charge in [0, 0.05) is 49.6 Å². The maximum atomic E-state index is 4.95. The van der Waals surface area contributed by atoms with Gasteiger partial charge in [0.15, 0.2) is 17.5 Å². The van der Waals surface area contributed by atoms with Crippen LogP contribution in [0.3, 0.4) is 0 Å². The van der Waals surface area contributed by atoms with Crippen molar-refractivity contribution >= 4 is 43.6 Å². The highest BCUT2D eigenvalue weighted by atomic mass is 15.0. The van der Waals surface area contributed by atoms with Crippen molar-refractivity contribution < 1.29 is 0 Å². The molecule has 0 unspecified atom stereocenters. The van der Waals surface area contributed by atoms with Gasteiger partial charge < -0.3 is 9.13 Å². The van der Waals surface area contributed by atoms with Crippen molar-refractivity contribution in [2.75, 3.05) is 0 Å². The smallest absolute Gasteiger partial charge is 0.164 e. The molecule has 0 atom stereocenters. The fourth-order valence-corrected chi connectivity index (χ4v) is 7.26. The largest absolute Gasteiger partial charge is 0.309 e. The molecule has 0 saturated heterocycles. The minimum Gasteiger partial charge on any atom is -0.309 e. The molecule has 0 fully saturated rings. The van der Waals surface area contributed by atoms with Gasteiger partial charge in [-0.05, 0) is 60.7 Å². The quantitative estimate of drug-likeness (QED) is 0.188. The molecule has 10 rings (SSSR count). The minimum absolute atomic E-state index is 0.641. The molecule has 3 heterocycles. The maximum Gasteiger partial charge on any atom is 0.164 e. The van der Waals surface area contributed by atoms with E-state index < -0.39 is 0 Å². The lowest BCUT2D eigenvalue weighted by Crippen LogP contribution is -2.00. The highest BCUT2D eigenvalue weighted by Gasteiger charge is 2.19. The van der Waals surface area contributed by atoms with Gasteiger partial charge in [0.05, 0.1) is 22.1 Å². The van der Waals surface area contributed by atoms with E-state index >= 15 is 0 Å². The SMILES string of the molecule is c1ccc(-c2nc(-c3ccccc3)nc(-c3ccc(-n4c5ccccc5c5cc6c(cc54)c4ccccc4n6-c4ccccc4)cc3)n2)cc1. The third kappa shape index (κ3) is 4.52. The molecule has 3 aromatic heterocycles. The van der Waals surface area contributed by atoms with Gasteiger partial charge in [0.25, 0.3) is 0 Å². The zero-order valence-electron chi connectivity index (χ0n) is 27.0. The van der Waals surface area contributed by atoms with Crippen LogP contribution in [0.4, 0.5) is 0 Å². The number of para-hydroxylation sites is 3. The number of benzene rings is 7. The van der Waals surface area contributed by atoms with E-state index in [-0.39, 0.29) is 0 Å². The molecule has 7 aromatic carbocycles. The first kappa shape index (κ1) is 28.2. The predicted molar refractivity (Wildman–Crippen MR) is 205 cm³/mol. The molecule has 0 bridgehead atoms. The molecular weight excluding hydrogens is 611 g/mol. The molecule has 0 aliphatic carbocycles. The molecule has 5 nitrogen and oxygen atoms in total. The van der Waals surface area contributed by atoms with Gasteiger partial charge in [-0.2, -0.15) is 0 Å². The number of nitrogens with zero attached hydrogens (tertiary/aromatic N) is 5. The Morgan fingerprint density at radius 1 is 0.280 bits per heavy atom. The number of hydrogen-bond donors (Lipinski definition) is 0. The summed E-state index contributed by atoms with van der Waals surface area (Å²) >= 11 is 0. The van der Waals surface area contributed by atoms with Crippen molar-refractivity contribution in [3.63, 3.8) is 0 Å². The van der Waals surface area contributed by atoms with E-state index in [9.17, 15) is 0 Å². The second-order valence-corrected chi connectivity index (χ2v) is 12.5. The van der Waals surface area contributed by atoms with E-state index in [1.807, 2.05) is 60.7 Å². The van der Waals surface area contributed by atoms with Gasteiger partial charge >= 0.3 is 0 Å². The van der Waals surface area contributed by atoms with Crippen LogP contribution in [0.1, 0.15) is 0 Å². The molecule has 0 amide bonds. The van der Waals surface area contributed by atoms with Crippen LogP contribution in [0.5, 0.6) is 0 Å². The topological polar surface area (TPSA) is 48.5 Å². The van der Waals surface area contributed by atoms with E-state index in [0.717, 1.165) is 33.6 Å². The van der Waals surface area contributed by atoms with Crippen molar-refractivity contribution in [1.82, 2.24) is 24.1 Å². The summed E-state index contributed by atoms with van der Waals surface area (Å²) in [4.78, 5) is 14.8. The predicted octanol–water partition coefficient (Wildman–Crippen LogP) is 11.1. The Morgan fingerprint density at radius 3 is 1.10 bits per heavy atom. The fraction of sp³-hybridized carbons (Fsp3) is 0. The molecule has 50 heavy (non-hydrogen) atoms. The molecular formula is C45H29N5. The van der Waals surface area contributed by atoms with Gasteiger partial charge in [-0.1, -0.05) is 115 Å². The van der Waals surface area contributed by atoms with E-state index in [4.69, 9.17) is 15.0 Å². The summed E-state index contributed by atoms with van der Waals surface area (Å²) in [6.07, 6.45) is 0. The standard InChI is InChI=1S/C45H29N5/c1-4-14-30(15-5-1)43-46-44(31-16-6-2-7-17-31)48-45(47-43)32-24-26-34(27-25-32)50-40-23-13-11-21-36(40)38-28-41-37(29-42(38)50)35-20-10-12-22-39(35)49(41)33-18-8-3-9-19-33/h1-29H. The van der Waals surface area contributed by atoms with Crippen LogP contribution in [0.15, 0.2) is 176 Å². The van der Waals surface area contributed by atoms with E-state index in [1.165, 1.54) is 38.1 Å². The highest BCUT2D eigenvalue weighted by molar-refractivity contribution is 6.19. The normalized spacial score (nSPS) is 11.6. The summed E-state index contributed by atoms with van der Waals surface area (Å²) in [5.41, 5.74) is 9.79. The molecule has 5 heteroatoms. The zero-order chi connectivity index (χ0) is 33.0. The summed E-state index contributed by atoms with van der Waals surface area (Å²) in [6.45, 7) is 0. The first-order valence-corrected chi connectivity index (χ1v) is 16.8. The fourth-order valence-electron chi connectivity index (χ4n) is 7.26. The Labute approximate surface area is 288 Å². The van der Waals surface area contributed by atoms with Crippen molar-refractivity contribution in [3.05, 3.63) is 176 Å². The second kappa shape index (κ2) is 11.4. The molecule has 0 aliphatic heterocycles. The van der Waals surface area contributed by atoms with Crippen LogP contribution in [-0.2, 0) is 0 Å². The minimum atomic E-state index is 0.641. The maximum absolute atomic E-state index is 4.95. The summed E-state index contributed by atoms with van der Waals surface area (Å²) in [7, 11) is 0. The molecule has 0 saturated carbocycles. The van der Waals surface area contributed by atoms with Gasteiger partial charge in [0.2, 0.25) is 0 Å². The van der Waals surface area contributed by atoms with Gasteiger partial charge in [-0.15, -0.1) is 0 Å². The Morgan fingerprint density at radius 2 is 0.640 bits per heavy atom. The first-order valence-electron chi connectivity index (χ1n) is 16.8. The van der Waals surface area contributed by atoms with E-state index in [2.05, 4.69) is 124 Å². The third-order valence-corrected chi connectivity index (χ3v) is 9.56. The van der Waals surface area contributed by atoms with Gasteiger partial charge in [-0.3, -0.25) is 0 Å². The molecule has 0 N–H and O–H groups in total. The summed E-state index contributed by atoms with van der Waals surface area (Å²) < 4.78 is 4.76. The van der Waals surface area contributed by atoms with Crippen LogP contribution in [0, 0.1) is 0 Å². The number of hydrogen-bond acceptors (Lipinski definition) is 3. The summed E-state index contributed by atoms with van der Waals surface area (Å²) in [6, 6.07) is 61.5. The molecule has 0 aliphatic rings. The number of aromatic nitrogens is 5. The Balaban J connectivity index is 1.16. The molecule has 10 aromatic rings. The molecule has 0 spiro atoms. The van der Waals surface area contributed by atoms with Crippen molar-refractivity contribution in [2.45, 2.75) is 0 Å². The summed E-state index contributed by atoms with van der Waals surface area (Å²) in [5.74, 6) is 1.95. The van der Waals surface area contributed by atoms with Crippen LogP contribution in [0.2, 0.25) is 0 Å². The zero-order valence-corrected chi connectivity index (χ0v) is 27.0.